The predicted octanol–water partition coefficient (Wildman–Crippen LogP) is 3.36. The molecule has 0 atom stereocenters. The van der Waals surface area contributed by atoms with Crippen LogP contribution < -0.4 is 9.47 Å². The van der Waals surface area contributed by atoms with Gasteiger partial charge in [0.05, 0.1) is 0 Å². The maximum atomic E-state index is 12.5. The third kappa shape index (κ3) is 5.48. The van der Waals surface area contributed by atoms with Crippen LogP contribution >= 0.6 is 11.3 Å². The zero-order valence-electron chi connectivity index (χ0n) is 17.0. The number of piperidine rings is 2. The van der Waals surface area contributed by atoms with Gasteiger partial charge in [0.25, 0.3) is 11.1 Å². The molecule has 0 unspecified atom stereocenters. The Morgan fingerprint density at radius 3 is 2.48 bits per heavy atom. The average Bonchev–Trinajstić information content (AvgIpc) is 3.27. The number of thiazole rings is 1. The Hall–Kier alpha value is -2.12. The first-order chi connectivity index (χ1) is 14.2. The quantitative estimate of drug-likeness (QED) is 0.724. The van der Waals surface area contributed by atoms with E-state index in [1.165, 1.54) is 5.56 Å². The summed E-state index contributed by atoms with van der Waals surface area (Å²) < 4.78 is 11.6. The molecule has 2 aromatic rings. The molecular formula is C22H29N3O3S. The number of ether oxygens (including phenoxy) is 2. The molecule has 0 N–H and O–H groups in total. The summed E-state index contributed by atoms with van der Waals surface area (Å²) in [6.45, 7) is 5.91. The molecule has 4 rings (SSSR count). The molecule has 29 heavy (non-hydrogen) atoms. The highest BCUT2D eigenvalue weighted by atomic mass is 32.1. The molecule has 1 amide bonds. The summed E-state index contributed by atoms with van der Waals surface area (Å²) in [6, 6.07) is 8.39. The van der Waals surface area contributed by atoms with Crippen molar-refractivity contribution in [3.8, 4) is 10.9 Å². The van der Waals surface area contributed by atoms with Gasteiger partial charge in [0.1, 0.15) is 11.9 Å². The minimum Gasteiger partial charge on any atom is -0.484 e. The van der Waals surface area contributed by atoms with Crippen molar-refractivity contribution in [2.45, 2.75) is 44.8 Å². The van der Waals surface area contributed by atoms with Gasteiger partial charge in [-0.3, -0.25) is 9.69 Å². The van der Waals surface area contributed by atoms with Gasteiger partial charge in [0.15, 0.2) is 6.61 Å². The number of rotatable bonds is 6. The number of nitrogens with zero attached hydrogens (tertiary/aromatic N) is 3. The van der Waals surface area contributed by atoms with Crippen LogP contribution in [0.4, 0.5) is 0 Å². The molecule has 0 aliphatic carbocycles. The van der Waals surface area contributed by atoms with Crippen molar-refractivity contribution in [1.29, 1.82) is 0 Å². The number of aromatic nitrogens is 1. The number of carbonyl (C=O) groups is 1. The number of hydrogen-bond acceptors (Lipinski definition) is 6. The molecule has 7 heteroatoms. The molecule has 0 saturated carbocycles. The van der Waals surface area contributed by atoms with Crippen LogP contribution in [-0.2, 0) is 4.79 Å². The Balaban J connectivity index is 1.16. The summed E-state index contributed by atoms with van der Waals surface area (Å²) in [6.07, 6.45) is 6.23. The van der Waals surface area contributed by atoms with Gasteiger partial charge in [0, 0.05) is 43.8 Å². The summed E-state index contributed by atoms with van der Waals surface area (Å²) in [4.78, 5) is 21.2. The molecule has 3 heterocycles. The summed E-state index contributed by atoms with van der Waals surface area (Å²) in [5.74, 6) is 0.834. The van der Waals surface area contributed by atoms with E-state index in [0.29, 0.717) is 6.04 Å². The molecule has 0 radical (unpaired) electrons. The summed E-state index contributed by atoms with van der Waals surface area (Å²) in [7, 11) is 0. The van der Waals surface area contributed by atoms with Gasteiger partial charge in [-0.2, -0.15) is 0 Å². The van der Waals surface area contributed by atoms with Crippen LogP contribution in [0.5, 0.6) is 10.9 Å². The fraction of sp³-hybridized carbons (Fsp3) is 0.545. The molecule has 156 valence electrons. The van der Waals surface area contributed by atoms with E-state index in [2.05, 4.69) is 9.88 Å². The molecule has 0 bridgehead atoms. The third-order valence-electron chi connectivity index (χ3n) is 5.87. The van der Waals surface area contributed by atoms with Crippen molar-refractivity contribution in [2.75, 3.05) is 32.8 Å². The second-order valence-corrected chi connectivity index (χ2v) is 8.72. The number of amides is 1. The highest BCUT2D eigenvalue weighted by molar-refractivity contribution is 7.11. The first-order valence-corrected chi connectivity index (χ1v) is 11.3. The van der Waals surface area contributed by atoms with Crippen molar-refractivity contribution < 1.29 is 14.3 Å². The molecule has 0 spiro atoms. The highest BCUT2D eigenvalue weighted by Crippen LogP contribution is 2.25. The van der Waals surface area contributed by atoms with Crippen molar-refractivity contribution in [2.24, 2.45) is 0 Å². The molecule has 1 aromatic heterocycles. The standard InChI is InChI=1S/C22H29N3O3S/c1-17-2-4-19(5-3-17)27-16-21(26)25-11-6-18(7-12-25)24-13-8-20(9-14-24)28-22-23-10-15-29-22/h2-5,10,15,18,20H,6-9,11-14,16H2,1H3. The first-order valence-electron chi connectivity index (χ1n) is 10.4. The summed E-state index contributed by atoms with van der Waals surface area (Å²) >= 11 is 1.56. The van der Waals surface area contributed by atoms with Crippen LogP contribution in [0.2, 0.25) is 0 Å². The average molecular weight is 416 g/mol. The fourth-order valence-electron chi connectivity index (χ4n) is 4.12. The zero-order valence-corrected chi connectivity index (χ0v) is 17.8. The second-order valence-electron chi connectivity index (χ2n) is 7.86. The molecular weight excluding hydrogens is 386 g/mol. The minimum absolute atomic E-state index is 0.0829. The largest absolute Gasteiger partial charge is 0.484 e. The van der Waals surface area contributed by atoms with E-state index in [1.54, 1.807) is 17.5 Å². The highest BCUT2D eigenvalue weighted by Gasteiger charge is 2.30. The molecule has 2 aliphatic rings. The lowest BCUT2D eigenvalue weighted by atomic mass is 9.99. The van der Waals surface area contributed by atoms with Crippen molar-refractivity contribution in [3.63, 3.8) is 0 Å². The van der Waals surface area contributed by atoms with E-state index in [-0.39, 0.29) is 18.6 Å². The van der Waals surface area contributed by atoms with Crippen LogP contribution in [-0.4, -0.2) is 65.6 Å². The monoisotopic (exact) mass is 415 g/mol. The number of carbonyl (C=O) groups excluding carboxylic acids is 1. The van der Waals surface area contributed by atoms with Crippen LogP contribution in [0.1, 0.15) is 31.2 Å². The summed E-state index contributed by atoms with van der Waals surface area (Å²) in [5, 5.41) is 2.73. The van der Waals surface area contributed by atoms with E-state index in [9.17, 15) is 4.79 Å². The van der Waals surface area contributed by atoms with E-state index >= 15 is 0 Å². The van der Waals surface area contributed by atoms with Crippen LogP contribution in [0.25, 0.3) is 0 Å². The number of hydrogen-bond donors (Lipinski definition) is 0. The molecule has 2 saturated heterocycles. The summed E-state index contributed by atoms with van der Waals surface area (Å²) in [5.41, 5.74) is 1.18. The maximum Gasteiger partial charge on any atom is 0.273 e. The van der Waals surface area contributed by atoms with E-state index < -0.39 is 0 Å². The van der Waals surface area contributed by atoms with Gasteiger partial charge in [0.2, 0.25) is 0 Å². The number of benzene rings is 1. The van der Waals surface area contributed by atoms with E-state index in [1.807, 2.05) is 41.5 Å². The van der Waals surface area contributed by atoms with Gasteiger partial charge in [-0.25, -0.2) is 4.98 Å². The van der Waals surface area contributed by atoms with Crippen molar-refractivity contribution in [1.82, 2.24) is 14.8 Å². The third-order valence-corrected chi connectivity index (χ3v) is 6.53. The van der Waals surface area contributed by atoms with Crippen LogP contribution in [0.3, 0.4) is 0 Å². The van der Waals surface area contributed by atoms with Gasteiger partial charge >= 0.3 is 0 Å². The molecule has 1 aromatic carbocycles. The Morgan fingerprint density at radius 2 is 1.83 bits per heavy atom. The molecule has 2 fully saturated rings. The lowest BCUT2D eigenvalue weighted by Crippen LogP contribution is -2.50. The Bertz CT molecular complexity index is 765. The lowest BCUT2D eigenvalue weighted by Gasteiger charge is -2.41. The van der Waals surface area contributed by atoms with Crippen LogP contribution in [0, 0.1) is 6.92 Å². The Morgan fingerprint density at radius 1 is 1.10 bits per heavy atom. The number of aryl methyl sites for hydroxylation is 1. The fourth-order valence-corrected chi connectivity index (χ4v) is 4.67. The van der Waals surface area contributed by atoms with Gasteiger partial charge in [-0.15, -0.1) is 0 Å². The molecule has 2 aliphatic heterocycles. The number of likely N-dealkylation sites (tertiary alicyclic amines) is 2. The van der Waals surface area contributed by atoms with Gasteiger partial charge in [-0.1, -0.05) is 29.0 Å². The maximum absolute atomic E-state index is 12.5. The van der Waals surface area contributed by atoms with Crippen molar-refractivity contribution >= 4 is 17.2 Å². The SMILES string of the molecule is Cc1ccc(OCC(=O)N2CCC(N3CCC(Oc4nccs4)CC3)CC2)cc1. The topological polar surface area (TPSA) is 54.9 Å². The lowest BCUT2D eigenvalue weighted by molar-refractivity contribution is -0.135. The van der Waals surface area contributed by atoms with Gasteiger partial charge in [-0.05, 0) is 44.7 Å². The minimum atomic E-state index is 0.0829. The smallest absolute Gasteiger partial charge is 0.273 e. The Labute approximate surface area is 176 Å². The van der Waals surface area contributed by atoms with Crippen molar-refractivity contribution in [3.05, 3.63) is 41.4 Å². The van der Waals surface area contributed by atoms with Gasteiger partial charge < -0.3 is 14.4 Å². The van der Waals surface area contributed by atoms with Crippen LogP contribution in [0.15, 0.2) is 35.8 Å². The van der Waals surface area contributed by atoms with E-state index in [0.717, 1.165) is 62.8 Å². The predicted molar refractivity (Wildman–Crippen MR) is 114 cm³/mol. The Kier molecular flexibility index (Phi) is 6.67. The van der Waals surface area contributed by atoms with E-state index in [4.69, 9.17) is 9.47 Å². The first kappa shape index (κ1) is 20.2. The second kappa shape index (κ2) is 9.59. The zero-order chi connectivity index (χ0) is 20.1. The normalized spacial score (nSPS) is 19.3. The molecule has 6 nitrogen and oxygen atoms in total.